The smallest absolute Gasteiger partial charge is 0.257 e. The molecule has 0 bridgehead atoms. The highest BCUT2D eigenvalue weighted by atomic mass is 19.1. The summed E-state index contributed by atoms with van der Waals surface area (Å²) < 4.78 is 14.1. The summed E-state index contributed by atoms with van der Waals surface area (Å²) in [6.07, 6.45) is 5.53. The molecule has 0 spiro atoms. The number of hydrogen-bond acceptors (Lipinski definition) is 4. The van der Waals surface area contributed by atoms with Gasteiger partial charge in [-0.25, -0.2) is 4.39 Å². The Kier molecular flexibility index (Phi) is 5.58. The maximum absolute atomic E-state index is 14.1. The Morgan fingerprint density at radius 3 is 2.57 bits per heavy atom. The van der Waals surface area contributed by atoms with E-state index < -0.39 is 5.82 Å². The van der Waals surface area contributed by atoms with Crippen LogP contribution in [-0.2, 0) is 4.79 Å². The average molecular weight is 380 g/mol. The van der Waals surface area contributed by atoms with Crippen molar-refractivity contribution in [3.8, 4) is 0 Å². The van der Waals surface area contributed by atoms with Gasteiger partial charge >= 0.3 is 0 Å². The first-order valence-electron chi connectivity index (χ1n) is 9.84. The van der Waals surface area contributed by atoms with Crippen LogP contribution >= 0.6 is 0 Å². The number of likely N-dealkylation sites (tertiary alicyclic amines) is 1. The van der Waals surface area contributed by atoms with E-state index in [1.165, 1.54) is 38.4 Å². The Morgan fingerprint density at radius 2 is 1.79 bits per heavy atom. The summed E-state index contributed by atoms with van der Waals surface area (Å²) in [6, 6.07) is 12.5. The minimum atomic E-state index is -0.405. The second-order valence-electron chi connectivity index (χ2n) is 7.23. The molecule has 1 saturated heterocycles. The third-order valence-corrected chi connectivity index (χ3v) is 5.25. The van der Waals surface area contributed by atoms with Crippen LogP contribution in [0.25, 0.3) is 5.57 Å². The first-order valence-corrected chi connectivity index (χ1v) is 9.84. The van der Waals surface area contributed by atoms with Gasteiger partial charge in [0, 0.05) is 36.2 Å². The average Bonchev–Trinajstić information content (AvgIpc) is 3.04. The van der Waals surface area contributed by atoms with Gasteiger partial charge in [-0.1, -0.05) is 12.5 Å². The number of halogens is 1. The van der Waals surface area contributed by atoms with Gasteiger partial charge in [0.05, 0.1) is 11.3 Å². The van der Waals surface area contributed by atoms with Crippen molar-refractivity contribution in [3.05, 3.63) is 60.0 Å². The molecule has 0 aliphatic carbocycles. The summed E-state index contributed by atoms with van der Waals surface area (Å²) in [5.41, 5.74) is 3.02. The zero-order chi connectivity index (χ0) is 19.3. The molecule has 1 amide bonds. The van der Waals surface area contributed by atoms with Crippen LogP contribution in [0.15, 0.2) is 48.7 Å². The maximum atomic E-state index is 14.1. The number of amides is 1. The molecule has 0 atom stereocenters. The number of nitrogens with zero attached hydrogens (tertiary/aromatic N) is 1. The lowest BCUT2D eigenvalue weighted by atomic mass is 10.1. The van der Waals surface area contributed by atoms with Crippen molar-refractivity contribution in [1.29, 1.82) is 0 Å². The Labute approximate surface area is 164 Å². The topological polar surface area (TPSA) is 56.4 Å². The Bertz CT molecular complexity index is 873. The Hall–Kier alpha value is -2.86. The predicted molar refractivity (Wildman–Crippen MR) is 112 cm³/mol. The van der Waals surface area contributed by atoms with E-state index in [9.17, 15) is 9.18 Å². The van der Waals surface area contributed by atoms with Crippen LogP contribution in [0.1, 0.15) is 24.8 Å². The van der Waals surface area contributed by atoms with Crippen molar-refractivity contribution < 1.29 is 9.18 Å². The lowest BCUT2D eigenvalue weighted by Gasteiger charge is -2.26. The van der Waals surface area contributed by atoms with Gasteiger partial charge in [0.15, 0.2) is 0 Å². The van der Waals surface area contributed by atoms with E-state index in [0.29, 0.717) is 16.8 Å². The first-order chi connectivity index (χ1) is 13.7. The predicted octanol–water partition coefficient (Wildman–Crippen LogP) is 4.13. The molecular weight excluding hydrogens is 355 g/mol. The molecule has 28 heavy (non-hydrogen) atoms. The molecule has 2 aromatic rings. The second-order valence-corrected chi connectivity index (χ2v) is 7.23. The van der Waals surface area contributed by atoms with Crippen LogP contribution in [0.4, 0.5) is 21.5 Å². The Morgan fingerprint density at radius 1 is 1.04 bits per heavy atom. The van der Waals surface area contributed by atoms with Gasteiger partial charge in [0.1, 0.15) is 5.82 Å². The van der Waals surface area contributed by atoms with Gasteiger partial charge < -0.3 is 20.9 Å². The van der Waals surface area contributed by atoms with Crippen molar-refractivity contribution in [2.24, 2.45) is 0 Å². The summed E-state index contributed by atoms with van der Waals surface area (Å²) >= 11 is 0. The van der Waals surface area contributed by atoms with Crippen molar-refractivity contribution in [2.75, 3.05) is 42.1 Å². The van der Waals surface area contributed by atoms with Gasteiger partial charge in [0.25, 0.3) is 5.91 Å². The van der Waals surface area contributed by atoms with Crippen LogP contribution in [0.2, 0.25) is 0 Å². The van der Waals surface area contributed by atoms with E-state index in [1.54, 1.807) is 18.3 Å². The van der Waals surface area contributed by atoms with Crippen LogP contribution in [0.3, 0.4) is 0 Å². The summed E-state index contributed by atoms with van der Waals surface area (Å²) in [5, 5.41) is 9.22. The zero-order valence-electron chi connectivity index (χ0n) is 15.8. The molecule has 2 aliphatic rings. The van der Waals surface area contributed by atoms with Crippen LogP contribution < -0.4 is 16.0 Å². The summed E-state index contributed by atoms with van der Waals surface area (Å²) in [4.78, 5) is 14.6. The molecular formula is C22H25FN4O. The lowest BCUT2D eigenvalue weighted by molar-refractivity contribution is -0.110. The third-order valence-electron chi connectivity index (χ3n) is 5.25. The number of rotatable bonds is 6. The van der Waals surface area contributed by atoms with Crippen molar-refractivity contribution in [1.82, 2.24) is 4.90 Å². The highest BCUT2D eigenvalue weighted by molar-refractivity contribution is 6.31. The molecule has 0 unspecified atom stereocenters. The van der Waals surface area contributed by atoms with Gasteiger partial charge in [-0.05, 0) is 62.3 Å². The van der Waals surface area contributed by atoms with Crippen molar-refractivity contribution in [3.63, 3.8) is 0 Å². The van der Waals surface area contributed by atoms with Crippen LogP contribution in [0.5, 0.6) is 0 Å². The van der Waals surface area contributed by atoms with Crippen LogP contribution in [0, 0.1) is 5.82 Å². The number of carbonyl (C=O) groups excluding carboxylic acids is 1. The van der Waals surface area contributed by atoms with E-state index in [2.05, 4.69) is 20.9 Å². The molecule has 2 heterocycles. The largest absolute Gasteiger partial charge is 0.384 e. The van der Waals surface area contributed by atoms with E-state index in [0.717, 1.165) is 24.5 Å². The van der Waals surface area contributed by atoms with Crippen molar-refractivity contribution in [2.45, 2.75) is 19.3 Å². The number of hydrogen-bond donors (Lipinski definition) is 3. The Balaban J connectivity index is 1.34. The molecule has 6 heteroatoms. The first kappa shape index (κ1) is 18.5. The molecule has 2 aliphatic heterocycles. The minimum Gasteiger partial charge on any atom is -0.384 e. The lowest BCUT2D eigenvalue weighted by Crippen LogP contribution is -2.33. The monoisotopic (exact) mass is 380 g/mol. The molecule has 5 nitrogen and oxygen atoms in total. The number of benzene rings is 2. The normalized spacial score (nSPS) is 18.0. The number of fused-ring (bicyclic) bond motifs is 1. The van der Waals surface area contributed by atoms with Crippen molar-refractivity contribution >= 4 is 28.5 Å². The molecule has 0 aromatic heterocycles. The quantitative estimate of drug-likeness (QED) is 0.660. The number of carbonyl (C=O) groups is 1. The summed E-state index contributed by atoms with van der Waals surface area (Å²) in [7, 11) is 0. The highest BCUT2D eigenvalue weighted by Crippen LogP contribution is 2.33. The fourth-order valence-electron chi connectivity index (χ4n) is 3.72. The molecule has 0 radical (unpaired) electrons. The molecule has 2 aromatic carbocycles. The van der Waals surface area contributed by atoms with E-state index in [-0.39, 0.29) is 5.91 Å². The van der Waals surface area contributed by atoms with E-state index in [4.69, 9.17) is 0 Å². The maximum Gasteiger partial charge on any atom is 0.257 e. The van der Waals surface area contributed by atoms with Gasteiger partial charge in [-0.3, -0.25) is 4.79 Å². The van der Waals surface area contributed by atoms with Crippen LogP contribution in [-0.4, -0.2) is 37.0 Å². The SMILES string of the molecule is O=C1Nc2cccc(F)c2/C1=C\Nc1ccc(NCCN2CCCCC2)cc1. The zero-order valence-corrected chi connectivity index (χ0v) is 15.8. The van der Waals surface area contributed by atoms with Gasteiger partial charge in [0.2, 0.25) is 0 Å². The standard InChI is InChI=1S/C22H25FN4O/c23-19-5-4-6-20-21(19)18(22(28)26-20)15-25-17-9-7-16(8-10-17)24-11-14-27-12-2-1-3-13-27/h4-10,15,24-25H,1-3,11-14H2,(H,26,28)/b18-15+. The second kappa shape index (κ2) is 8.44. The van der Waals surface area contributed by atoms with E-state index in [1.807, 2.05) is 24.3 Å². The highest BCUT2D eigenvalue weighted by Gasteiger charge is 2.27. The summed E-state index contributed by atoms with van der Waals surface area (Å²) in [5.74, 6) is -0.708. The third kappa shape index (κ3) is 4.17. The van der Waals surface area contributed by atoms with Gasteiger partial charge in [-0.2, -0.15) is 0 Å². The molecule has 3 N–H and O–H groups in total. The van der Waals surface area contributed by atoms with Gasteiger partial charge in [-0.15, -0.1) is 0 Å². The number of nitrogens with one attached hydrogen (secondary N) is 3. The minimum absolute atomic E-state index is 0.302. The number of piperidine rings is 1. The molecule has 4 rings (SSSR count). The van der Waals surface area contributed by atoms with E-state index >= 15 is 0 Å². The number of anilines is 3. The fraction of sp³-hybridized carbons (Fsp3) is 0.318. The summed E-state index contributed by atoms with van der Waals surface area (Å²) in [6.45, 7) is 4.40. The molecule has 1 fully saturated rings. The fourth-order valence-corrected chi connectivity index (χ4v) is 3.72. The molecule has 0 saturated carbocycles. The molecule has 146 valence electrons.